The zero-order valence-corrected chi connectivity index (χ0v) is 11.8. The molecule has 6 nitrogen and oxygen atoms in total. The Balaban J connectivity index is 2.90. The first kappa shape index (κ1) is 14.9. The molecule has 0 amide bonds. The molecule has 0 heterocycles. The van der Waals surface area contributed by atoms with Crippen LogP contribution in [0.1, 0.15) is 5.56 Å². The summed E-state index contributed by atoms with van der Waals surface area (Å²) in [7, 11) is -6.93. The number of nitrogens with one attached hydrogen (secondary N) is 1. The Hall–Kier alpha value is -1.12. The van der Waals surface area contributed by atoms with Crippen LogP contribution in [0.5, 0.6) is 0 Å². The Labute approximate surface area is 107 Å². The Morgan fingerprint density at radius 1 is 1.22 bits per heavy atom. The lowest BCUT2D eigenvalue weighted by atomic mass is 10.2. The molecule has 0 aromatic heterocycles. The molecule has 18 heavy (non-hydrogen) atoms. The number of rotatable bonds is 5. The summed E-state index contributed by atoms with van der Waals surface area (Å²) in [4.78, 5) is 0.0657. The second-order valence-corrected chi connectivity index (χ2v) is 8.05. The second kappa shape index (κ2) is 5.25. The van der Waals surface area contributed by atoms with Gasteiger partial charge in [-0.05, 0) is 24.6 Å². The molecule has 0 aliphatic carbocycles. The molecular weight excluding hydrogens is 276 g/mol. The van der Waals surface area contributed by atoms with Gasteiger partial charge in [0, 0.05) is 18.5 Å². The van der Waals surface area contributed by atoms with E-state index in [1.54, 1.807) is 19.1 Å². The van der Waals surface area contributed by atoms with Crippen molar-refractivity contribution in [1.82, 2.24) is 4.72 Å². The minimum Gasteiger partial charge on any atom is -0.399 e. The number of sulfonamides is 1. The lowest BCUT2D eigenvalue weighted by Crippen LogP contribution is -2.29. The zero-order chi connectivity index (χ0) is 14.0. The van der Waals surface area contributed by atoms with Gasteiger partial charge in [-0.3, -0.25) is 0 Å². The minimum atomic E-state index is -3.73. The van der Waals surface area contributed by atoms with Crippen molar-refractivity contribution in [3.63, 3.8) is 0 Å². The third kappa shape index (κ3) is 4.28. The number of benzene rings is 1. The van der Waals surface area contributed by atoms with Crippen LogP contribution in [-0.2, 0) is 19.9 Å². The number of aryl methyl sites for hydroxylation is 1. The van der Waals surface area contributed by atoms with Crippen molar-refractivity contribution in [3.05, 3.63) is 23.8 Å². The molecule has 0 fully saturated rings. The summed E-state index contributed by atoms with van der Waals surface area (Å²) in [6.45, 7) is 1.49. The lowest BCUT2D eigenvalue weighted by molar-refractivity contribution is 0.581. The van der Waals surface area contributed by atoms with Crippen molar-refractivity contribution in [2.24, 2.45) is 0 Å². The average molecular weight is 292 g/mol. The van der Waals surface area contributed by atoms with E-state index in [2.05, 4.69) is 4.72 Å². The van der Waals surface area contributed by atoms with Gasteiger partial charge in [0.1, 0.15) is 9.84 Å². The molecule has 0 saturated carbocycles. The molecule has 0 atom stereocenters. The van der Waals surface area contributed by atoms with Crippen molar-refractivity contribution in [1.29, 1.82) is 0 Å². The monoisotopic (exact) mass is 292 g/mol. The highest BCUT2D eigenvalue weighted by molar-refractivity contribution is 7.91. The Morgan fingerprint density at radius 2 is 1.83 bits per heavy atom. The average Bonchev–Trinajstić information content (AvgIpc) is 2.19. The molecule has 1 aromatic rings. The van der Waals surface area contributed by atoms with Crippen molar-refractivity contribution >= 4 is 25.5 Å². The first-order valence-corrected chi connectivity index (χ1v) is 8.70. The highest BCUT2D eigenvalue weighted by Crippen LogP contribution is 2.17. The maximum Gasteiger partial charge on any atom is 0.240 e. The fraction of sp³-hybridized carbons (Fsp3) is 0.400. The number of hydrogen-bond donors (Lipinski definition) is 2. The van der Waals surface area contributed by atoms with Crippen LogP contribution in [0, 0.1) is 6.92 Å². The maximum atomic E-state index is 11.9. The van der Waals surface area contributed by atoms with E-state index in [1.807, 2.05) is 0 Å². The van der Waals surface area contributed by atoms with Gasteiger partial charge in [-0.1, -0.05) is 6.07 Å². The summed E-state index contributed by atoms with van der Waals surface area (Å²) in [5, 5.41) is 0. The van der Waals surface area contributed by atoms with Gasteiger partial charge in [0.2, 0.25) is 10.0 Å². The van der Waals surface area contributed by atoms with Crippen molar-refractivity contribution in [2.75, 3.05) is 24.3 Å². The maximum absolute atomic E-state index is 11.9. The van der Waals surface area contributed by atoms with Gasteiger partial charge in [0.05, 0.1) is 10.6 Å². The third-order valence-corrected chi connectivity index (χ3v) is 4.82. The van der Waals surface area contributed by atoms with E-state index in [1.165, 1.54) is 6.07 Å². The van der Waals surface area contributed by atoms with Crippen LogP contribution in [-0.4, -0.2) is 35.4 Å². The molecule has 8 heteroatoms. The largest absolute Gasteiger partial charge is 0.399 e. The minimum absolute atomic E-state index is 0.0657. The third-order valence-electron chi connectivity index (χ3n) is 2.27. The number of nitrogens with two attached hydrogens (primary N) is 1. The summed E-state index contributed by atoms with van der Waals surface area (Å²) in [5.74, 6) is -0.242. The molecule has 1 rings (SSSR count). The molecule has 0 radical (unpaired) electrons. The van der Waals surface area contributed by atoms with Gasteiger partial charge in [0.25, 0.3) is 0 Å². The van der Waals surface area contributed by atoms with E-state index in [0.29, 0.717) is 11.3 Å². The standard InChI is InChI=1S/C10H16N2O4S2/c1-8-3-4-9(11)7-10(8)18(15,16)12-5-6-17(2,13)14/h3-4,7,12H,5-6,11H2,1-2H3. The van der Waals surface area contributed by atoms with Crippen molar-refractivity contribution in [3.8, 4) is 0 Å². The van der Waals surface area contributed by atoms with E-state index >= 15 is 0 Å². The molecule has 0 bridgehead atoms. The molecule has 0 saturated heterocycles. The number of hydrogen-bond acceptors (Lipinski definition) is 5. The molecule has 0 aliphatic rings. The van der Waals surface area contributed by atoms with E-state index in [0.717, 1.165) is 6.26 Å². The zero-order valence-electron chi connectivity index (χ0n) is 10.2. The topological polar surface area (TPSA) is 106 Å². The van der Waals surface area contributed by atoms with Gasteiger partial charge in [0.15, 0.2) is 0 Å². The Bertz CT molecular complexity index is 636. The highest BCUT2D eigenvalue weighted by Gasteiger charge is 2.17. The van der Waals surface area contributed by atoms with E-state index in [9.17, 15) is 16.8 Å². The van der Waals surface area contributed by atoms with Crippen molar-refractivity contribution < 1.29 is 16.8 Å². The number of nitrogen functional groups attached to an aromatic ring is 1. The van der Waals surface area contributed by atoms with Gasteiger partial charge in [-0.25, -0.2) is 21.6 Å². The van der Waals surface area contributed by atoms with Crippen LogP contribution in [0.3, 0.4) is 0 Å². The van der Waals surface area contributed by atoms with Crippen LogP contribution < -0.4 is 10.5 Å². The van der Waals surface area contributed by atoms with Gasteiger partial charge >= 0.3 is 0 Å². The molecule has 3 N–H and O–H groups in total. The lowest BCUT2D eigenvalue weighted by Gasteiger charge is -2.09. The molecule has 0 unspecified atom stereocenters. The molecule has 102 valence electrons. The van der Waals surface area contributed by atoms with Gasteiger partial charge in [-0.15, -0.1) is 0 Å². The summed E-state index contributed by atoms with van der Waals surface area (Å²) in [6.07, 6.45) is 1.05. The SMILES string of the molecule is Cc1ccc(N)cc1S(=O)(=O)NCCS(C)(=O)=O. The molecular formula is C10H16N2O4S2. The van der Waals surface area contributed by atoms with Crippen LogP contribution in [0.4, 0.5) is 5.69 Å². The predicted octanol–water partition coefficient (Wildman–Crippen LogP) is -0.0999. The first-order valence-electron chi connectivity index (χ1n) is 5.15. The van der Waals surface area contributed by atoms with Crippen molar-refractivity contribution in [2.45, 2.75) is 11.8 Å². The highest BCUT2D eigenvalue weighted by atomic mass is 32.2. The normalized spacial score (nSPS) is 12.6. The van der Waals surface area contributed by atoms with Crippen LogP contribution in [0.2, 0.25) is 0 Å². The van der Waals surface area contributed by atoms with E-state index < -0.39 is 19.9 Å². The predicted molar refractivity (Wildman–Crippen MR) is 70.5 cm³/mol. The summed E-state index contributed by atoms with van der Waals surface area (Å²) in [6, 6.07) is 4.55. The van der Waals surface area contributed by atoms with Gasteiger partial charge < -0.3 is 5.73 Å². The Morgan fingerprint density at radius 3 is 2.39 bits per heavy atom. The summed E-state index contributed by atoms with van der Waals surface area (Å²) >= 11 is 0. The van der Waals surface area contributed by atoms with Gasteiger partial charge in [-0.2, -0.15) is 0 Å². The fourth-order valence-corrected chi connectivity index (χ4v) is 3.26. The van der Waals surface area contributed by atoms with E-state index in [4.69, 9.17) is 5.73 Å². The Kier molecular flexibility index (Phi) is 4.36. The molecule has 0 aliphatic heterocycles. The van der Waals surface area contributed by atoms with Crippen LogP contribution in [0.15, 0.2) is 23.1 Å². The molecule has 0 spiro atoms. The number of sulfone groups is 1. The summed E-state index contributed by atoms with van der Waals surface area (Å²) in [5.41, 5.74) is 6.42. The molecule has 1 aromatic carbocycles. The smallest absolute Gasteiger partial charge is 0.240 e. The fourth-order valence-electron chi connectivity index (χ4n) is 1.35. The van der Waals surface area contributed by atoms with E-state index in [-0.39, 0.29) is 17.2 Å². The van der Waals surface area contributed by atoms with Crippen LogP contribution >= 0.6 is 0 Å². The van der Waals surface area contributed by atoms with Crippen LogP contribution in [0.25, 0.3) is 0 Å². The number of anilines is 1. The first-order chi connectivity index (χ1) is 8.12. The summed E-state index contributed by atoms with van der Waals surface area (Å²) < 4.78 is 47.9. The second-order valence-electron chi connectivity index (χ2n) is 4.05. The quantitative estimate of drug-likeness (QED) is 0.737.